The number of benzene rings is 4. The molecule has 6 heteroatoms. The SMILES string of the molecule is COc1cc(C=Nc2ccc([C@@H]3Nc4ccccc4[C@H]4C=CC[C@@H]43)cc2)ccc1OCc1ccc(Cl)cc1Cl. The highest BCUT2D eigenvalue weighted by atomic mass is 35.5. The summed E-state index contributed by atoms with van der Waals surface area (Å²) in [5.41, 5.74) is 6.58. The van der Waals surface area contributed by atoms with Crippen LogP contribution in [0.15, 0.2) is 102 Å². The molecule has 0 unspecified atom stereocenters. The molecule has 196 valence electrons. The fraction of sp³-hybridized carbons (Fsp3) is 0.182. The van der Waals surface area contributed by atoms with Crippen LogP contribution in [-0.2, 0) is 6.61 Å². The summed E-state index contributed by atoms with van der Waals surface area (Å²) >= 11 is 12.3. The van der Waals surface area contributed by atoms with E-state index in [0.717, 1.165) is 23.2 Å². The number of hydrogen-bond acceptors (Lipinski definition) is 4. The van der Waals surface area contributed by atoms with Gasteiger partial charge in [0.05, 0.1) is 18.8 Å². The second-order valence-corrected chi connectivity index (χ2v) is 10.7. The number of allylic oxidation sites excluding steroid dienone is 2. The van der Waals surface area contributed by atoms with Crippen molar-refractivity contribution in [2.75, 3.05) is 12.4 Å². The summed E-state index contributed by atoms with van der Waals surface area (Å²) in [5.74, 6) is 2.25. The molecule has 4 aromatic carbocycles. The summed E-state index contributed by atoms with van der Waals surface area (Å²) in [6.45, 7) is 0.311. The highest BCUT2D eigenvalue weighted by molar-refractivity contribution is 6.35. The number of hydrogen-bond donors (Lipinski definition) is 1. The van der Waals surface area contributed by atoms with Crippen LogP contribution in [-0.4, -0.2) is 13.3 Å². The molecule has 0 saturated heterocycles. The molecular formula is C33H28Cl2N2O2. The molecule has 39 heavy (non-hydrogen) atoms. The van der Waals surface area contributed by atoms with Crippen molar-refractivity contribution >= 4 is 40.8 Å². The number of nitrogens with zero attached hydrogens (tertiary/aromatic N) is 1. The van der Waals surface area contributed by atoms with Gasteiger partial charge < -0.3 is 14.8 Å². The number of rotatable bonds is 7. The normalized spacial score (nSPS) is 19.4. The van der Waals surface area contributed by atoms with Gasteiger partial charge in [0.25, 0.3) is 0 Å². The molecule has 0 saturated carbocycles. The number of methoxy groups -OCH3 is 1. The van der Waals surface area contributed by atoms with Gasteiger partial charge in [-0.2, -0.15) is 0 Å². The molecule has 0 aromatic heterocycles. The number of aliphatic imine (C=N–C) groups is 1. The fourth-order valence-corrected chi connectivity index (χ4v) is 5.93. The van der Waals surface area contributed by atoms with Crippen molar-refractivity contribution in [3.8, 4) is 11.5 Å². The number of nitrogens with one attached hydrogen (secondary N) is 1. The van der Waals surface area contributed by atoms with Gasteiger partial charge in [0.1, 0.15) is 6.61 Å². The lowest BCUT2D eigenvalue weighted by molar-refractivity contribution is 0.284. The largest absolute Gasteiger partial charge is 0.493 e. The molecule has 0 fully saturated rings. The predicted molar refractivity (Wildman–Crippen MR) is 160 cm³/mol. The summed E-state index contributed by atoms with van der Waals surface area (Å²) in [5, 5.41) is 4.95. The van der Waals surface area contributed by atoms with Crippen LogP contribution in [0, 0.1) is 5.92 Å². The van der Waals surface area contributed by atoms with Crippen molar-refractivity contribution in [2.24, 2.45) is 10.9 Å². The topological polar surface area (TPSA) is 42.8 Å². The van der Waals surface area contributed by atoms with Crippen molar-refractivity contribution in [3.05, 3.63) is 129 Å². The maximum Gasteiger partial charge on any atom is 0.161 e. The van der Waals surface area contributed by atoms with Crippen LogP contribution in [0.3, 0.4) is 0 Å². The zero-order valence-electron chi connectivity index (χ0n) is 21.5. The van der Waals surface area contributed by atoms with Gasteiger partial charge in [-0.1, -0.05) is 71.8 Å². The Bertz CT molecular complexity index is 1550. The predicted octanol–water partition coefficient (Wildman–Crippen LogP) is 9.16. The molecule has 3 atom stereocenters. The third-order valence-electron chi connectivity index (χ3n) is 7.47. The average Bonchev–Trinajstić information content (AvgIpc) is 3.46. The summed E-state index contributed by atoms with van der Waals surface area (Å²) in [7, 11) is 1.62. The quantitative estimate of drug-likeness (QED) is 0.183. The summed E-state index contributed by atoms with van der Waals surface area (Å²) < 4.78 is 11.5. The Morgan fingerprint density at radius 3 is 2.62 bits per heavy atom. The van der Waals surface area contributed by atoms with E-state index in [1.54, 1.807) is 19.2 Å². The van der Waals surface area contributed by atoms with Crippen molar-refractivity contribution in [1.29, 1.82) is 0 Å². The highest BCUT2D eigenvalue weighted by Gasteiger charge is 2.37. The van der Waals surface area contributed by atoms with Crippen LogP contribution in [0.25, 0.3) is 0 Å². The number of halogens is 2. The molecule has 6 rings (SSSR count). The minimum absolute atomic E-state index is 0.275. The second-order valence-electron chi connectivity index (χ2n) is 9.85. The minimum atomic E-state index is 0.275. The first-order valence-corrected chi connectivity index (χ1v) is 13.8. The van der Waals surface area contributed by atoms with E-state index in [2.05, 4.69) is 66.0 Å². The molecule has 4 nitrogen and oxygen atoms in total. The maximum atomic E-state index is 6.27. The number of fused-ring (bicyclic) bond motifs is 3. The van der Waals surface area contributed by atoms with E-state index in [4.69, 9.17) is 37.7 Å². The smallest absolute Gasteiger partial charge is 0.161 e. The second kappa shape index (κ2) is 11.2. The Labute approximate surface area is 238 Å². The van der Waals surface area contributed by atoms with Crippen LogP contribution in [0.5, 0.6) is 11.5 Å². The lowest BCUT2D eigenvalue weighted by Crippen LogP contribution is -2.28. The Morgan fingerprint density at radius 1 is 0.949 bits per heavy atom. The van der Waals surface area contributed by atoms with Gasteiger partial charge in [0, 0.05) is 33.4 Å². The molecule has 0 radical (unpaired) electrons. The summed E-state index contributed by atoms with van der Waals surface area (Å²) in [4.78, 5) is 4.70. The van der Waals surface area contributed by atoms with E-state index in [0.29, 0.717) is 40.0 Å². The van der Waals surface area contributed by atoms with Gasteiger partial charge >= 0.3 is 0 Å². The number of ether oxygens (including phenoxy) is 2. The van der Waals surface area contributed by atoms with Crippen molar-refractivity contribution < 1.29 is 9.47 Å². The van der Waals surface area contributed by atoms with Gasteiger partial charge in [-0.15, -0.1) is 0 Å². The first-order chi connectivity index (χ1) is 19.1. The van der Waals surface area contributed by atoms with Gasteiger partial charge in [-0.25, -0.2) is 0 Å². The maximum absolute atomic E-state index is 6.27. The van der Waals surface area contributed by atoms with Crippen molar-refractivity contribution in [2.45, 2.75) is 25.0 Å². The highest BCUT2D eigenvalue weighted by Crippen LogP contribution is 2.49. The molecule has 1 aliphatic carbocycles. The molecular weight excluding hydrogens is 527 g/mol. The standard InChI is InChI=1S/C33H28Cl2N2O2/c1-38-32-17-21(9-16-31(32)39-20-23-10-13-24(34)18-29(23)35)19-36-25-14-11-22(12-15-25)33-28-7-4-6-26(28)27-5-2-3-8-30(27)37-33/h2-6,8-19,26,28,33,37H,7,20H2,1H3/t26-,28+,33+/m1/s1. The molecule has 0 bridgehead atoms. The first-order valence-electron chi connectivity index (χ1n) is 13.0. The fourth-order valence-electron chi connectivity index (χ4n) is 5.47. The summed E-state index contributed by atoms with van der Waals surface area (Å²) in [6.07, 6.45) is 7.61. The van der Waals surface area contributed by atoms with Crippen molar-refractivity contribution in [1.82, 2.24) is 0 Å². The van der Waals surface area contributed by atoms with Gasteiger partial charge in [0.2, 0.25) is 0 Å². The summed E-state index contributed by atoms with van der Waals surface area (Å²) in [6, 6.07) is 28.6. The first kappa shape index (κ1) is 25.5. The Balaban J connectivity index is 1.14. The Hall–Kier alpha value is -3.73. The van der Waals surface area contributed by atoms with Crippen LogP contribution >= 0.6 is 23.2 Å². The van der Waals surface area contributed by atoms with Crippen LogP contribution in [0.1, 0.15) is 40.6 Å². The van der Waals surface area contributed by atoms with E-state index in [1.165, 1.54) is 16.8 Å². The lowest BCUT2D eigenvalue weighted by Gasteiger charge is -2.37. The zero-order valence-corrected chi connectivity index (χ0v) is 23.0. The van der Waals surface area contributed by atoms with Crippen LogP contribution in [0.2, 0.25) is 10.0 Å². The Kier molecular flexibility index (Phi) is 7.32. The molecule has 1 N–H and O–H groups in total. The molecule has 0 spiro atoms. The zero-order chi connectivity index (χ0) is 26.8. The molecule has 1 aliphatic heterocycles. The third-order valence-corrected chi connectivity index (χ3v) is 8.06. The molecule has 0 amide bonds. The van der Waals surface area contributed by atoms with Crippen molar-refractivity contribution in [3.63, 3.8) is 0 Å². The number of para-hydroxylation sites is 1. The Morgan fingerprint density at radius 2 is 1.79 bits per heavy atom. The number of anilines is 1. The van der Waals surface area contributed by atoms with Crippen LogP contribution in [0.4, 0.5) is 11.4 Å². The monoisotopic (exact) mass is 554 g/mol. The van der Waals surface area contributed by atoms with Crippen LogP contribution < -0.4 is 14.8 Å². The molecule has 4 aromatic rings. The van der Waals surface area contributed by atoms with E-state index in [1.807, 2.05) is 30.5 Å². The van der Waals surface area contributed by atoms with Gasteiger partial charge in [-0.3, -0.25) is 4.99 Å². The lowest BCUT2D eigenvalue weighted by atomic mass is 9.77. The molecule has 1 heterocycles. The van der Waals surface area contributed by atoms with E-state index >= 15 is 0 Å². The molecule has 2 aliphatic rings. The van der Waals surface area contributed by atoms with E-state index in [9.17, 15) is 0 Å². The minimum Gasteiger partial charge on any atom is -0.493 e. The van der Waals surface area contributed by atoms with Gasteiger partial charge in [0.15, 0.2) is 11.5 Å². The third kappa shape index (κ3) is 5.40. The van der Waals surface area contributed by atoms with Gasteiger partial charge in [-0.05, 0) is 77.6 Å². The van der Waals surface area contributed by atoms with E-state index in [-0.39, 0.29) is 6.04 Å². The average molecular weight is 556 g/mol. The van der Waals surface area contributed by atoms with E-state index < -0.39 is 0 Å².